The van der Waals surface area contributed by atoms with E-state index in [-0.39, 0.29) is 0 Å². The average Bonchev–Trinajstić information content (AvgIpc) is 3.48. The van der Waals surface area contributed by atoms with Crippen molar-refractivity contribution in [1.82, 2.24) is 45.0 Å². The summed E-state index contributed by atoms with van der Waals surface area (Å²) in [6.45, 7) is 15.2. The van der Waals surface area contributed by atoms with Crippen LogP contribution in [0.15, 0.2) is 18.6 Å². The molecule has 3 aromatic rings. The Labute approximate surface area is 161 Å². The Hall–Kier alpha value is -2.58. The number of rotatable bonds is 6. The molecule has 0 bridgehead atoms. The van der Waals surface area contributed by atoms with Gasteiger partial charge in [-0.1, -0.05) is 36.4 Å². The van der Waals surface area contributed by atoms with E-state index in [0.717, 1.165) is 50.3 Å². The third-order valence-electron chi connectivity index (χ3n) is 3.90. The van der Waals surface area contributed by atoms with Crippen LogP contribution in [0, 0.1) is 0 Å². The molecular weight excluding hydrogens is 342 g/mol. The fourth-order valence-electron chi connectivity index (χ4n) is 2.13. The zero-order valence-electron chi connectivity index (χ0n) is 17.5. The van der Waals surface area contributed by atoms with Crippen molar-refractivity contribution in [3.05, 3.63) is 35.7 Å². The highest BCUT2D eigenvalue weighted by molar-refractivity contribution is 4.92. The molecule has 3 heterocycles. The Bertz CT molecular complexity index is 644. The summed E-state index contributed by atoms with van der Waals surface area (Å²) >= 11 is 0. The number of hydrogen-bond acceptors (Lipinski definition) is 6. The minimum Gasteiger partial charge on any atom is -0.253 e. The maximum Gasteiger partial charge on any atom is 0.0824 e. The molecule has 0 spiro atoms. The molecule has 0 radical (unpaired) electrons. The largest absolute Gasteiger partial charge is 0.253 e. The molecule has 0 saturated carbocycles. The van der Waals surface area contributed by atoms with E-state index >= 15 is 0 Å². The summed E-state index contributed by atoms with van der Waals surface area (Å²) < 4.78 is 5.57. The average molecular weight is 376 g/mol. The lowest BCUT2D eigenvalue weighted by Crippen LogP contribution is -2.00. The first-order valence-electron chi connectivity index (χ1n) is 9.76. The Morgan fingerprint density at radius 3 is 1.44 bits per heavy atom. The summed E-state index contributed by atoms with van der Waals surface area (Å²) in [5.41, 5.74) is 3.34. The predicted molar refractivity (Wildman–Crippen MR) is 105 cm³/mol. The molecule has 0 atom stereocenters. The molecule has 0 aliphatic heterocycles. The summed E-state index contributed by atoms with van der Waals surface area (Å²) in [5, 5.41) is 23.2. The maximum absolute atomic E-state index is 3.92. The number of nitrogens with zero attached hydrogens (tertiary/aromatic N) is 9. The quantitative estimate of drug-likeness (QED) is 0.657. The fourth-order valence-corrected chi connectivity index (χ4v) is 2.13. The van der Waals surface area contributed by atoms with E-state index in [1.54, 1.807) is 0 Å². The summed E-state index contributed by atoms with van der Waals surface area (Å²) in [6, 6.07) is 0. The molecule has 9 nitrogen and oxygen atoms in total. The van der Waals surface area contributed by atoms with Crippen LogP contribution in [-0.2, 0) is 38.9 Å². The van der Waals surface area contributed by atoms with Gasteiger partial charge in [0.25, 0.3) is 0 Å². The Kier molecular flexibility index (Phi) is 10.6. The van der Waals surface area contributed by atoms with Gasteiger partial charge in [-0.25, -0.2) is 4.68 Å². The molecule has 0 unspecified atom stereocenters. The molecule has 0 aromatic carbocycles. The van der Waals surface area contributed by atoms with Gasteiger partial charge in [0.15, 0.2) is 0 Å². The van der Waals surface area contributed by atoms with Crippen LogP contribution in [0.1, 0.15) is 58.6 Å². The standard InChI is InChI=1S/3C6H11N3/c2*1-3-6-5-9(4-2)8-7-6;1-3-6-5-7-8-9(6)4-2/h3*5H,3-4H2,1-2H3. The van der Waals surface area contributed by atoms with Crippen LogP contribution in [0.25, 0.3) is 0 Å². The van der Waals surface area contributed by atoms with Crippen molar-refractivity contribution in [2.75, 3.05) is 0 Å². The molecule has 9 heteroatoms. The highest BCUT2D eigenvalue weighted by Gasteiger charge is 1.96. The Morgan fingerprint density at radius 1 is 0.667 bits per heavy atom. The lowest BCUT2D eigenvalue weighted by molar-refractivity contribution is 0.601. The van der Waals surface area contributed by atoms with Gasteiger partial charge in [0, 0.05) is 32.0 Å². The lowest BCUT2D eigenvalue weighted by atomic mass is 10.4. The molecule has 0 fully saturated rings. The molecule has 150 valence electrons. The smallest absolute Gasteiger partial charge is 0.0824 e. The molecule has 3 aromatic heterocycles. The number of hydrogen-bond donors (Lipinski definition) is 0. The molecule has 0 aliphatic carbocycles. The zero-order valence-corrected chi connectivity index (χ0v) is 17.5. The maximum atomic E-state index is 3.92. The first-order valence-corrected chi connectivity index (χ1v) is 9.76. The van der Waals surface area contributed by atoms with E-state index in [0.29, 0.717) is 0 Å². The monoisotopic (exact) mass is 375 g/mol. The van der Waals surface area contributed by atoms with E-state index in [4.69, 9.17) is 0 Å². The van der Waals surface area contributed by atoms with E-state index in [1.165, 1.54) is 5.69 Å². The fraction of sp³-hybridized carbons (Fsp3) is 0.667. The second-order valence-corrected chi connectivity index (χ2v) is 5.73. The minimum absolute atomic E-state index is 0.910. The Morgan fingerprint density at radius 2 is 1.19 bits per heavy atom. The predicted octanol–water partition coefficient (Wildman–Crippen LogP) is 2.58. The number of aryl methyl sites for hydroxylation is 6. The summed E-state index contributed by atoms with van der Waals surface area (Å²) in [7, 11) is 0. The van der Waals surface area contributed by atoms with E-state index in [9.17, 15) is 0 Å². The van der Waals surface area contributed by atoms with Gasteiger partial charge in [-0.3, -0.25) is 9.36 Å². The molecule has 0 amide bonds. The van der Waals surface area contributed by atoms with Crippen LogP contribution in [0.2, 0.25) is 0 Å². The van der Waals surface area contributed by atoms with Gasteiger partial charge in [-0.2, -0.15) is 0 Å². The summed E-state index contributed by atoms with van der Waals surface area (Å²) in [4.78, 5) is 0. The van der Waals surface area contributed by atoms with Crippen LogP contribution < -0.4 is 0 Å². The second-order valence-electron chi connectivity index (χ2n) is 5.73. The molecular formula is C18H33N9. The van der Waals surface area contributed by atoms with Gasteiger partial charge in [0.1, 0.15) is 0 Å². The third-order valence-corrected chi connectivity index (χ3v) is 3.90. The summed E-state index contributed by atoms with van der Waals surface area (Å²) in [5.74, 6) is 0. The van der Waals surface area contributed by atoms with Gasteiger partial charge in [0.2, 0.25) is 0 Å². The van der Waals surface area contributed by atoms with Gasteiger partial charge in [-0.15, -0.1) is 15.3 Å². The van der Waals surface area contributed by atoms with Gasteiger partial charge in [-0.05, 0) is 40.0 Å². The Balaban J connectivity index is 0.000000202. The zero-order chi connectivity index (χ0) is 20.1. The van der Waals surface area contributed by atoms with Crippen molar-refractivity contribution in [3.63, 3.8) is 0 Å². The van der Waals surface area contributed by atoms with Crippen molar-refractivity contribution < 1.29 is 0 Å². The van der Waals surface area contributed by atoms with E-state index in [1.807, 2.05) is 46.5 Å². The lowest BCUT2D eigenvalue weighted by Gasteiger charge is -1.96. The van der Waals surface area contributed by atoms with Crippen molar-refractivity contribution in [2.45, 2.75) is 80.4 Å². The molecule has 3 rings (SSSR count). The van der Waals surface area contributed by atoms with E-state index in [2.05, 4.69) is 58.6 Å². The second kappa shape index (κ2) is 12.7. The van der Waals surface area contributed by atoms with Crippen LogP contribution in [0.4, 0.5) is 0 Å². The molecule has 0 N–H and O–H groups in total. The van der Waals surface area contributed by atoms with Gasteiger partial charge < -0.3 is 0 Å². The van der Waals surface area contributed by atoms with Crippen molar-refractivity contribution in [1.29, 1.82) is 0 Å². The highest BCUT2D eigenvalue weighted by Crippen LogP contribution is 1.95. The van der Waals surface area contributed by atoms with Crippen LogP contribution >= 0.6 is 0 Å². The normalized spacial score (nSPS) is 10.0. The van der Waals surface area contributed by atoms with Crippen molar-refractivity contribution in [3.8, 4) is 0 Å². The van der Waals surface area contributed by atoms with Crippen LogP contribution in [0.5, 0.6) is 0 Å². The van der Waals surface area contributed by atoms with Crippen LogP contribution in [0.3, 0.4) is 0 Å². The molecule has 27 heavy (non-hydrogen) atoms. The topological polar surface area (TPSA) is 92.1 Å². The third kappa shape index (κ3) is 7.67. The summed E-state index contributed by atoms with van der Waals surface area (Å²) in [6.07, 6.45) is 8.71. The first kappa shape index (κ1) is 22.5. The van der Waals surface area contributed by atoms with Gasteiger partial charge >= 0.3 is 0 Å². The van der Waals surface area contributed by atoms with Crippen LogP contribution in [-0.4, -0.2) is 45.0 Å². The highest BCUT2D eigenvalue weighted by atomic mass is 15.4. The molecule has 0 saturated heterocycles. The van der Waals surface area contributed by atoms with Crippen molar-refractivity contribution in [2.24, 2.45) is 0 Å². The SMILES string of the molecule is CCc1cn(CC)nn1.CCc1cn(CC)nn1.CCc1cnnn1CC. The van der Waals surface area contributed by atoms with Gasteiger partial charge in [0.05, 0.1) is 23.3 Å². The first-order chi connectivity index (χ1) is 13.1. The van der Waals surface area contributed by atoms with E-state index < -0.39 is 0 Å². The number of aromatic nitrogens is 9. The van der Waals surface area contributed by atoms with Crippen molar-refractivity contribution >= 4 is 0 Å². The minimum atomic E-state index is 0.910. The molecule has 0 aliphatic rings.